The second kappa shape index (κ2) is 11.3. The first-order valence-corrected chi connectivity index (χ1v) is 14.0. The normalized spacial score (nSPS) is 19.9. The number of hydrogen-bond acceptors (Lipinski definition) is 5. The third kappa shape index (κ3) is 5.98. The van der Waals surface area contributed by atoms with E-state index in [9.17, 15) is 13.2 Å². The number of anilines is 1. The van der Waals surface area contributed by atoms with Gasteiger partial charge < -0.3 is 14.6 Å². The molecule has 2 aliphatic heterocycles. The Balaban J connectivity index is 0.00000167. The predicted molar refractivity (Wildman–Crippen MR) is 140 cm³/mol. The van der Waals surface area contributed by atoms with Crippen LogP contribution in [0.4, 0.5) is 5.69 Å². The van der Waals surface area contributed by atoms with Gasteiger partial charge in [0, 0.05) is 51.4 Å². The second-order valence-corrected chi connectivity index (χ2v) is 12.1. The fourth-order valence-electron chi connectivity index (χ4n) is 4.74. The third-order valence-electron chi connectivity index (χ3n) is 6.67. The lowest BCUT2D eigenvalue weighted by molar-refractivity contribution is -0.110. The Morgan fingerprint density at radius 3 is 2.51 bits per heavy atom. The Morgan fingerprint density at radius 1 is 1.20 bits per heavy atom. The molecule has 1 atom stereocenters. The number of aromatic nitrogens is 2. The van der Waals surface area contributed by atoms with Crippen LogP contribution in [0.1, 0.15) is 59.7 Å². The molecule has 2 fully saturated rings. The van der Waals surface area contributed by atoms with E-state index >= 15 is 0 Å². The minimum absolute atomic E-state index is 0.140. The van der Waals surface area contributed by atoms with Crippen molar-refractivity contribution in [1.29, 1.82) is 0 Å². The van der Waals surface area contributed by atoms with Gasteiger partial charge in [-0.2, -0.15) is 12.7 Å². The Morgan fingerprint density at radius 2 is 1.89 bits per heavy atom. The second-order valence-electron chi connectivity index (χ2n) is 10.1. The molecule has 196 valence electrons. The zero-order valence-corrected chi connectivity index (χ0v) is 22.8. The number of benzene rings is 1. The summed E-state index contributed by atoms with van der Waals surface area (Å²) < 4.78 is 37.0. The van der Waals surface area contributed by atoms with Gasteiger partial charge in [-0.25, -0.2) is 4.98 Å². The Hall–Kier alpha value is -2.17. The average molecular weight is 508 g/mol. The molecule has 0 spiro atoms. The number of rotatable bonds is 7. The highest BCUT2D eigenvalue weighted by Crippen LogP contribution is 2.32. The number of hydrogen-bond donors (Lipinski definition) is 1. The smallest absolute Gasteiger partial charge is 0.303 e. The number of carbonyl (C=O) groups is 1. The van der Waals surface area contributed by atoms with Crippen LogP contribution in [0.25, 0.3) is 11.0 Å². The first-order valence-electron chi connectivity index (χ1n) is 12.6. The van der Waals surface area contributed by atoms with Gasteiger partial charge in [-0.15, -0.1) is 0 Å². The summed E-state index contributed by atoms with van der Waals surface area (Å²) in [6.07, 6.45) is 3.31. The molecular weight excluding hydrogens is 466 g/mol. The highest BCUT2D eigenvalue weighted by atomic mass is 32.2. The molecule has 0 radical (unpaired) electrons. The number of ether oxygens (including phenoxy) is 1. The van der Waals surface area contributed by atoms with Crippen molar-refractivity contribution in [3.8, 4) is 0 Å². The number of nitrogens with zero attached hydrogens (tertiary/aromatic N) is 4. The van der Waals surface area contributed by atoms with Gasteiger partial charge in [-0.1, -0.05) is 34.6 Å². The highest BCUT2D eigenvalue weighted by Gasteiger charge is 2.34. The number of imidazole rings is 1. The van der Waals surface area contributed by atoms with Gasteiger partial charge in [0.15, 0.2) is 0 Å². The minimum atomic E-state index is -3.70. The minimum Gasteiger partial charge on any atom is -0.381 e. The summed E-state index contributed by atoms with van der Waals surface area (Å²) in [4.78, 5) is 15.7. The summed E-state index contributed by atoms with van der Waals surface area (Å²) >= 11 is 0. The van der Waals surface area contributed by atoms with Gasteiger partial charge in [0.1, 0.15) is 5.82 Å². The van der Waals surface area contributed by atoms with Crippen molar-refractivity contribution in [2.75, 3.05) is 37.7 Å². The van der Waals surface area contributed by atoms with Crippen molar-refractivity contribution in [1.82, 2.24) is 19.2 Å². The van der Waals surface area contributed by atoms with E-state index in [1.165, 1.54) is 8.61 Å². The maximum Gasteiger partial charge on any atom is 0.303 e. The van der Waals surface area contributed by atoms with Crippen LogP contribution in [0.2, 0.25) is 0 Å². The summed E-state index contributed by atoms with van der Waals surface area (Å²) in [6.45, 7) is 13.6. The first kappa shape index (κ1) is 27.4. The molecule has 2 aliphatic rings. The van der Waals surface area contributed by atoms with Gasteiger partial charge in [-0.05, 0) is 43.4 Å². The van der Waals surface area contributed by atoms with Gasteiger partial charge in [-0.3, -0.25) is 9.10 Å². The van der Waals surface area contributed by atoms with Crippen molar-refractivity contribution in [2.24, 2.45) is 5.92 Å². The fraction of sp³-hybridized carbons (Fsp3) is 0.680. The molecule has 9 nitrogen and oxygen atoms in total. The summed E-state index contributed by atoms with van der Waals surface area (Å²) in [5.74, 6) is 1.55. The van der Waals surface area contributed by atoms with Crippen LogP contribution in [0.15, 0.2) is 18.2 Å². The average Bonchev–Trinajstić information content (AvgIpc) is 3.46. The van der Waals surface area contributed by atoms with E-state index in [2.05, 4.69) is 30.7 Å². The maximum atomic E-state index is 13.2. The Labute approximate surface area is 210 Å². The standard InChI is InChI=1S/C23H35N5O4S.C2H6/c1-23(2,3)22-25-20-13-19(5-6-21(20)28(22)14-17-8-11-32-12-9-17)26(4)33(30,31)27-10-7-18(15-27)24-16-29;1-2/h5-6,13,16-18H,7-12,14-15H2,1-4H3,(H,24,29);1-2H3. The molecule has 2 aromatic rings. The molecule has 1 N–H and O–H groups in total. The third-order valence-corrected chi connectivity index (χ3v) is 8.56. The van der Waals surface area contributed by atoms with Crippen LogP contribution < -0.4 is 9.62 Å². The van der Waals surface area contributed by atoms with E-state index in [1.807, 2.05) is 32.0 Å². The lowest BCUT2D eigenvalue weighted by atomic mass is 9.94. The molecule has 10 heteroatoms. The largest absolute Gasteiger partial charge is 0.381 e. The molecule has 0 saturated carbocycles. The van der Waals surface area contributed by atoms with E-state index in [1.54, 1.807) is 7.05 Å². The van der Waals surface area contributed by atoms with E-state index < -0.39 is 10.2 Å². The summed E-state index contributed by atoms with van der Waals surface area (Å²) in [5, 5.41) is 2.68. The maximum absolute atomic E-state index is 13.2. The van der Waals surface area contributed by atoms with Crippen LogP contribution >= 0.6 is 0 Å². The molecule has 1 amide bonds. The molecular formula is C25H41N5O4S. The van der Waals surface area contributed by atoms with Crippen molar-refractivity contribution < 1.29 is 17.9 Å². The zero-order chi connectivity index (χ0) is 25.8. The summed E-state index contributed by atoms with van der Waals surface area (Å²) in [7, 11) is -2.13. The number of nitrogens with one attached hydrogen (secondary N) is 1. The van der Waals surface area contributed by atoms with E-state index in [-0.39, 0.29) is 18.0 Å². The van der Waals surface area contributed by atoms with Crippen LogP contribution in [-0.2, 0) is 31.7 Å². The van der Waals surface area contributed by atoms with E-state index in [0.717, 1.165) is 49.5 Å². The lowest BCUT2D eigenvalue weighted by Gasteiger charge is -2.26. The van der Waals surface area contributed by atoms with Crippen LogP contribution in [0, 0.1) is 5.92 Å². The number of carbonyl (C=O) groups excluding carboxylic acids is 1. The summed E-state index contributed by atoms with van der Waals surface area (Å²) in [6, 6.07) is 5.55. The molecule has 35 heavy (non-hydrogen) atoms. The number of amides is 1. The van der Waals surface area contributed by atoms with Crippen LogP contribution in [0.5, 0.6) is 0 Å². The predicted octanol–water partition coefficient (Wildman–Crippen LogP) is 3.29. The van der Waals surface area contributed by atoms with Gasteiger partial charge in [0.25, 0.3) is 0 Å². The van der Waals surface area contributed by atoms with Crippen molar-refractivity contribution >= 4 is 33.3 Å². The molecule has 1 unspecified atom stereocenters. The molecule has 2 saturated heterocycles. The van der Waals surface area contributed by atoms with Gasteiger partial charge in [0.05, 0.1) is 16.7 Å². The Kier molecular flexibility index (Phi) is 8.82. The topological polar surface area (TPSA) is 96.8 Å². The number of fused-ring (bicyclic) bond motifs is 1. The molecule has 1 aromatic heterocycles. The first-order chi connectivity index (χ1) is 16.6. The van der Waals surface area contributed by atoms with Crippen molar-refractivity contribution in [3.05, 3.63) is 24.0 Å². The molecule has 0 bridgehead atoms. The van der Waals surface area contributed by atoms with Crippen LogP contribution in [0.3, 0.4) is 0 Å². The van der Waals surface area contributed by atoms with E-state index in [0.29, 0.717) is 31.0 Å². The van der Waals surface area contributed by atoms with Gasteiger partial charge >= 0.3 is 10.2 Å². The van der Waals surface area contributed by atoms with E-state index in [4.69, 9.17) is 9.72 Å². The molecule has 0 aliphatic carbocycles. The monoisotopic (exact) mass is 507 g/mol. The van der Waals surface area contributed by atoms with Crippen molar-refractivity contribution in [3.63, 3.8) is 0 Å². The van der Waals surface area contributed by atoms with Gasteiger partial charge in [0.2, 0.25) is 6.41 Å². The highest BCUT2D eigenvalue weighted by molar-refractivity contribution is 7.90. The zero-order valence-electron chi connectivity index (χ0n) is 22.0. The molecule has 1 aromatic carbocycles. The molecule has 4 rings (SSSR count). The SMILES string of the molecule is CC.CN(c1ccc2c(c1)nc(C(C)(C)C)n2CC1CCOCC1)S(=O)(=O)N1CCC(NC=O)C1. The lowest BCUT2D eigenvalue weighted by Crippen LogP contribution is -2.42. The summed E-state index contributed by atoms with van der Waals surface area (Å²) in [5.41, 5.74) is 2.26. The molecule has 3 heterocycles. The fourth-order valence-corrected chi connectivity index (χ4v) is 6.17. The quantitative estimate of drug-likeness (QED) is 0.580. The van der Waals surface area contributed by atoms with Crippen LogP contribution in [-0.4, -0.2) is 68.1 Å². The van der Waals surface area contributed by atoms with Crippen molar-refractivity contribution in [2.45, 2.75) is 71.9 Å². The Bertz CT molecular complexity index is 1100.